The zero-order valence-electron chi connectivity index (χ0n) is 11.1. The van der Waals surface area contributed by atoms with Gasteiger partial charge in [0.2, 0.25) is 10.0 Å². The normalized spacial score (nSPS) is 17.7. The molecule has 0 saturated heterocycles. The minimum absolute atomic E-state index is 0.203. The van der Waals surface area contributed by atoms with Gasteiger partial charge in [-0.05, 0) is 45.0 Å². The van der Waals surface area contributed by atoms with Gasteiger partial charge in [-0.3, -0.25) is 4.90 Å². The molecule has 1 unspecified atom stereocenters. The monoisotopic (exact) mass is 346 g/mol. The Morgan fingerprint density at radius 1 is 1.47 bits per heavy atom. The fourth-order valence-corrected chi connectivity index (χ4v) is 3.65. The second-order valence-corrected chi connectivity index (χ2v) is 7.74. The number of nitrogens with one attached hydrogen (secondary N) is 1. The van der Waals surface area contributed by atoms with Crippen molar-refractivity contribution in [2.75, 3.05) is 13.6 Å². The lowest BCUT2D eigenvalue weighted by Crippen LogP contribution is -2.41. The van der Waals surface area contributed by atoms with Crippen molar-refractivity contribution in [1.82, 2.24) is 9.62 Å². The van der Waals surface area contributed by atoms with Crippen LogP contribution in [-0.4, -0.2) is 39.0 Å². The molecule has 19 heavy (non-hydrogen) atoms. The SMILES string of the molecule is CC(CNS(=O)(=O)c1cccc(Br)c1)N(C)C1CC1. The molecule has 0 aliphatic heterocycles. The topological polar surface area (TPSA) is 49.4 Å². The molecule has 4 nitrogen and oxygen atoms in total. The highest BCUT2D eigenvalue weighted by atomic mass is 79.9. The lowest BCUT2D eigenvalue weighted by molar-refractivity contribution is 0.248. The van der Waals surface area contributed by atoms with Gasteiger partial charge >= 0.3 is 0 Å². The Kier molecular flexibility index (Phi) is 4.66. The highest BCUT2D eigenvalue weighted by Crippen LogP contribution is 2.26. The first kappa shape index (κ1) is 15.0. The van der Waals surface area contributed by atoms with Gasteiger partial charge in [-0.15, -0.1) is 0 Å². The molecule has 6 heteroatoms. The highest BCUT2D eigenvalue weighted by molar-refractivity contribution is 9.10. The van der Waals surface area contributed by atoms with E-state index < -0.39 is 10.0 Å². The summed E-state index contributed by atoms with van der Waals surface area (Å²) in [6.45, 7) is 2.48. The van der Waals surface area contributed by atoms with E-state index in [1.807, 2.05) is 13.0 Å². The van der Waals surface area contributed by atoms with E-state index in [0.29, 0.717) is 17.5 Å². The van der Waals surface area contributed by atoms with Crippen LogP contribution in [0.15, 0.2) is 33.6 Å². The van der Waals surface area contributed by atoms with E-state index in [2.05, 4.69) is 32.6 Å². The quantitative estimate of drug-likeness (QED) is 0.858. The maximum Gasteiger partial charge on any atom is 0.240 e. The largest absolute Gasteiger partial charge is 0.299 e. The first-order valence-electron chi connectivity index (χ1n) is 6.37. The van der Waals surface area contributed by atoms with Crippen LogP contribution >= 0.6 is 15.9 Å². The van der Waals surface area contributed by atoms with Crippen molar-refractivity contribution in [2.45, 2.75) is 36.7 Å². The van der Waals surface area contributed by atoms with Crippen LogP contribution in [0.4, 0.5) is 0 Å². The average molecular weight is 347 g/mol. The molecule has 1 aliphatic carbocycles. The Balaban J connectivity index is 1.97. The molecule has 1 aromatic rings. The molecule has 1 aliphatic rings. The van der Waals surface area contributed by atoms with E-state index in [1.54, 1.807) is 18.2 Å². The molecule has 0 heterocycles. The standard InChI is InChI=1S/C13H19BrN2O2S/c1-10(16(2)12-6-7-12)9-15-19(17,18)13-5-3-4-11(14)8-13/h3-5,8,10,12,15H,6-7,9H2,1-2H3. The first-order valence-corrected chi connectivity index (χ1v) is 8.65. The summed E-state index contributed by atoms with van der Waals surface area (Å²) >= 11 is 3.28. The second-order valence-electron chi connectivity index (χ2n) is 5.05. The Hall–Kier alpha value is -0.430. The molecule has 0 amide bonds. The van der Waals surface area contributed by atoms with Crippen molar-refractivity contribution in [3.63, 3.8) is 0 Å². The molecule has 0 bridgehead atoms. The summed E-state index contributed by atoms with van der Waals surface area (Å²) in [6, 6.07) is 7.57. The van der Waals surface area contributed by atoms with E-state index in [9.17, 15) is 8.42 Å². The van der Waals surface area contributed by atoms with Crippen molar-refractivity contribution in [1.29, 1.82) is 0 Å². The number of nitrogens with zero attached hydrogens (tertiary/aromatic N) is 1. The molecule has 1 N–H and O–H groups in total. The van der Waals surface area contributed by atoms with Gasteiger partial charge in [0.1, 0.15) is 0 Å². The minimum atomic E-state index is -3.42. The third kappa shape index (κ3) is 4.02. The van der Waals surface area contributed by atoms with Crippen LogP contribution in [0.25, 0.3) is 0 Å². The number of sulfonamides is 1. The van der Waals surface area contributed by atoms with Gasteiger partial charge in [-0.2, -0.15) is 0 Å². The summed E-state index contributed by atoms with van der Waals surface area (Å²) in [6.07, 6.45) is 2.44. The van der Waals surface area contributed by atoms with E-state index in [4.69, 9.17) is 0 Å². The van der Waals surface area contributed by atoms with Crippen LogP contribution < -0.4 is 4.72 Å². The van der Waals surface area contributed by atoms with Crippen molar-refractivity contribution in [2.24, 2.45) is 0 Å². The molecule has 0 aromatic heterocycles. The van der Waals surface area contributed by atoms with E-state index in [-0.39, 0.29) is 6.04 Å². The number of rotatable bonds is 6. The van der Waals surface area contributed by atoms with Crippen molar-refractivity contribution in [3.8, 4) is 0 Å². The molecule has 1 aromatic carbocycles. The molecule has 1 atom stereocenters. The third-order valence-electron chi connectivity index (χ3n) is 3.49. The lowest BCUT2D eigenvalue weighted by Gasteiger charge is -2.24. The highest BCUT2D eigenvalue weighted by Gasteiger charge is 2.29. The van der Waals surface area contributed by atoms with Crippen LogP contribution in [0.2, 0.25) is 0 Å². The van der Waals surface area contributed by atoms with Gasteiger partial charge in [0.15, 0.2) is 0 Å². The maximum atomic E-state index is 12.1. The van der Waals surface area contributed by atoms with Crippen molar-refractivity contribution < 1.29 is 8.42 Å². The average Bonchev–Trinajstić information content (AvgIpc) is 3.19. The Bertz CT molecular complexity index is 543. The lowest BCUT2D eigenvalue weighted by atomic mass is 10.3. The summed E-state index contributed by atoms with van der Waals surface area (Å²) in [4.78, 5) is 2.53. The number of hydrogen-bond donors (Lipinski definition) is 1. The third-order valence-corrected chi connectivity index (χ3v) is 5.41. The summed E-state index contributed by atoms with van der Waals surface area (Å²) in [5.41, 5.74) is 0. The molecule has 1 fully saturated rings. The van der Waals surface area contributed by atoms with Crippen LogP contribution in [0, 0.1) is 0 Å². The Morgan fingerprint density at radius 3 is 2.74 bits per heavy atom. The number of benzene rings is 1. The van der Waals surface area contributed by atoms with Gasteiger partial charge in [-0.25, -0.2) is 13.1 Å². The molecule has 1 saturated carbocycles. The van der Waals surface area contributed by atoms with E-state index in [0.717, 1.165) is 4.47 Å². The molecular formula is C13H19BrN2O2S. The fourth-order valence-electron chi connectivity index (χ4n) is 1.93. The summed E-state index contributed by atoms with van der Waals surface area (Å²) < 4.78 is 27.7. The number of likely N-dealkylation sites (N-methyl/N-ethyl adjacent to an activating group) is 1. The van der Waals surface area contributed by atoms with Gasteiger partial charge < -0.3 is 0 Å². The van der Waals surface area contributed by atoms with E-state index >= 15 is 0 Å². The zero-order chi connectivity index (χ0) is 14.0. The maximum absolute atomic E-state index is 12.1. The molecule has 106 valence electrons. The van der Waals surface area contributed by atoms with Crippen molar-refractivity contribution in [3.05, 3.63) is 28.7 Å². The first-order chi connectivity index (χ1) is 8.90. The summed E-state index contributed by atoms with van der Waals surface area (Å²) in [5.74, 6) is 0. The van der Waals surface area contributed by atoms with Gasteiger partial charge in [0, 0.05) is 23.1 Å². The van der Waals surface area contributed by atoms with Gasteiger partial charge in [-0.1, -0.05) is 22.0 Å². The predicted molar refractivity (Wildman–Crippen MR) is 79.6 cm³/mol. The Labute approximate surface area is 123 Å². The molecule has 2 rings (SSSR count). The number of hydrogen-bond acceptors (Lipinski definition) is 3. The van der Waals surface area contributed by atoms with Crippen LogP contribution in [0.1, 0.15) is 19.8 Å². The smallest absolute Gasteiger partial charge is 0.240 e. The zero-order valence-corrected chi connectivity index (χ0v) is 13.5. The summed E-state index contributed by atoms with van der Waals surface area (Å²) in [5, 5.41) is 0. The van der Waals surface area contributed by atoms with Gasteiger partial charge in [0.05, 0.1) is 4.90 Å². The second kappa shape index (κ2) is 5.91. The molecule has 0 spiro atoms. The van der Waals surface area contributed by atoms with E-state index in [1.165, 1.54) is 12.8 Å². The van der Waals surface area contributed by atoms with Crippen LogP contribution in [0.5, 0.6) is 0 Å². The minimum Gasteiger partial charge on any atom is -0.299 e. The number of halogens is 1. The summed E-state index contributed by atoms with van der Waals surface area (Å²) in [7, 11) is -1.37. The molecular weight excluding hydrogens is 328 g/mol. The van der Waals surface area contributed by atoms with Crippen molar-refractivity contribution >= 4 is 26.0 Å². The van der Waals surface area contributed by atoms with Crippen LogP contribution in [0.3, 0.4) is 0 Å². The predicted octanol–water partition coefficient (Wildman–Crippen LogP) is 2.21. The van der Waals surface area contributed by atoms with Crippen LogP contribution in [-0.2, 0) is 10.0 Å². The fraction of sp³-hybridized carbons (Fsp3) is 0.538. The van der Waals surface area contributed by atoms with Gasteiger partial charge in [0.25, 0.3) is 0 Å². The Morgan fingerprint density at radius 2 is 2.16 bits per heavy atom. The molecule has 0 radical (unpaired) electrons.